The summed E-state index contributed by atoms with van der Waals surface area (Å²) >= 11 is 0. The summed E-state index contributed by atoms with van der Waals surface area (Å²) < 4.78 is 26.5. The zero-order chi connectivity index (χ0) is 23.0. The summed E-state index contributed by atoms with van der Waals surface area (Å²) in [6.45, 7) is 2.34. The molecule has 3 aliphatic rings. The first-order valence-electron chi connectivity index (χ1n) is 14.2. The highest BCUT2D eigenvalue weighted by atomic mass is 19.2. The Balaban J connectivity index is 1.11. The first-order valence-corrected chi connectivity index (χ1v) is 14.2. The average molecular weight is 457 g/mol. The molecule has 0 bridgehead atoms. The molecule has 1 aromatic carbocycles. The van der Waals surface area contributed by atoms with E-state index in [1.54, 1.807) is 6.07 Å². The van der Waals surface area contributed by atoms with Crippen LogP contribution >= 0.6 is 0 Å². The van der Waals surface area contributed by atoms with Crippen molar-refractivity contribution in [3.63, 3.8) is 0 Å². The molecule has 0 aliphatic heterocycles. The van der Waals surface area contributed by atoms with E-state index in [9.17, 15) is 8.78 Å². The summed E-state index contributed by atoms with van der Waals surface area (Å²) in [5.74, 6) is 3.95. The van der Waals surface area contributed by atoms with Gasteiger partial charge in [-0.3, -0.25) is 0 Å². The Bertz CT molecular complexity index is 729. The lowest BCUT2D eigenvalue weighted by Crippen LogP contribution is -2.25. The van der Waals surface area contributed by atoms with Gasteiger partial charge in [0.05, 0.1) is 0 Å². The van der Waals surface area contributed by atoms with E-state index in [0.717, 1.165) is 53.9 Å². The van der Waals surface area contributed by atoms with Crippen LogP contribution in [0.2, 0.25) is 0 Å². The second kappa shape index (κ2) is 12.5. The van der Waals surface area contributed by atoms with Gasteiger partial charge in [-0.15, -0.1) is 0 Å². The molecule has 33 heavy (non-hydrogen) atoms. The minimum absolute atomic E-state index is 0.713. The number of hydrogen-bond acceptors (Lipinski definition) is 0. The highest BCUT2D eigenvalue weighted by Crippen LogP contribution is 2.42. The number of aryl methyl sites for hydroxylation is 1. The molecular formula is C31H46F2. The fourth-order valence-electron chi connectivity index (χ4n) is 7.21. The molecule has 3 aliphatic carbocycles. The van der Waals surface area contributed by atoms with Crippen molar-refractivity contribution in [3.8, 4) is 0 Å². The summed E-state index contributed by atoms with van der Waals surface area (Å²) in [6.07, 6.45) is 26.9. The molecule has 0 saturated heterocycles. The van der Waals surface area contributed by atoms with Crippen molar-refractivity contribution in [2.45, 2.75) is 110 Å². The van der Waals surface area contributed by atoms with E-state index in [1.165, 1.54) is 102 Å². The molecule has 0 unspecified atom stereocenters. The molecule has 4 rings (SSSR count). The Morgan fingerprint density at radius 2 is 1.18 bits per heavy atom. The minimum atomic E-state index is -0.742. The molecule has 0 aromatic heterocycles. The quantitative estimate of drug-likeness (QED) is 0.341. The van der Waals surface area contributed by atoms with Crippen molar-refractivity contribution in [1.82, 2.24) is 0 Å². The average Bonchev–Trinajstić information content (AvgIpc) is 2.85. The van der Waals surface area contributed by atoms with Crippen molar-refractivity contribution in [2.24, 2.45) is 35.5 Å². The van der Waals surface area contributed by atoms with Crippen LogP contribution in [0.1, 0.15) is 109 Å². The predicted molar refractivity (Wildman–Crippen MR) is 135 cm³/mol. The number of hydrogen-bond donors (Lipinski definition) is 0. The van der Waals surface area contributed by atoms with Gasteiger partial charge in [0.25, 0.3) is 0 Å². The van der Waals surface area contributed by atoms with Gasteiger partial charge < -0.3 is 0 Å². The Morgan fingerprint density at radius 3 is 1.76 bits per heavy atom. The Kier molecular flexibility index (Phi) is 9.44. The third kappa shape index (κ3) is 7.40. The first-order chi connectivity index (χ1) is 16.1. The summed E-state index contributed by atoms with van der Waals surface area (Å²) in [5.41, 5.74) is 0.931. The standard InChI is InChI=1S/C31H46F2/c1-2-3-23-12-17-28(18-13-23)29-19-14-26(15-20-29)9-8-24-4-6-25(7-5-24)10-11-27-16-21-30(32)31(33)22-27/h8-9,16,21-26,28-29H,2-7,10-15,17-20H2,1H3/b9-8+/t23-,24-,25-,26?,28-,29?. The number of allylic oxidation sites excluding steroid dienone is 2. The van der Waals surface area contributed by atoms with E-state index in [1.807, 2.05) is 0 Å². The van der Waals surface area contributed by atoms with Gasteiger partial charge in [0.1, 0.15) is 0 Å². The second-order valence-electron chi connectivity index (χ2n) is 11.7. The Morgan fingerprint density at radius 1 is 0.667 bits per heavy atom. The van der Waals surface area contributed by atoms with Gasteiger partial charge in [-0.2, -0.15) is 0 Å². The molecule has 184 valence electrons. The minimum Gasteiger partial charge on any atom is -0.204 e. The Labute approximate surface area is 201 Å². The molecule has 1 aromatic rings. The molecule has 0 nitrogen and oxygen atoms in total. The molecule has 0 radical (unpaired) electrons. The van der Waals surface area contributed by atoms with Crippen LogP contribution in [0.5, 0.6) is 0 Å². The van der Waals surface area contributed by atoms with E-state index < -0.39 is 11.6 Å². The molecule has 2 heteroatoms. The SMILES string of the molecule is CCC[C@H]1CC[C@H](C2CCC(/C=C/[C@H]3CC[C@H](CCc4ccc(F)c(F)c4)CC3)CC2)CC1. The highest BCUT2D eigenvalue weighted by molar-refractivity contribution is 5.18. The van der Waals surface area contributed by atoms with Crippen LogP contribution in [0.25, 0.3) is 0 Å². The number of benzene rings is 1. The third-order valence-electron chi connectivity index (χ3n) is 9.44. The lowest BCUT2D eigenvalue weighted by atomic mass is 9.68. The summed E-state index contributed by atoms with van der Waals surface area (Å²) in [6, 6.07) is 4.37. The molecule has 3 fully saturated rings. The molecule has 0 amide bonds. The zero-order valence-corrected chi connectivity index (χ0v) is 20.9. The van der Waals surface area contributed by atoms with Gasteiger partial charge >= 0.3 is 0 Å². The largest absolute Gasteiger partial charge is 0.204 e. The van der Waals surface area contributed by atoms with Crippen molar-refractivity contribution in [2.75, 3.05) is 0 Å². The molecular weight excluding hydrogens is 410 g/mol. The summed E-state index contributed by atoms with van der Waals surface area (Å²) in [5, 5.41) is 0. The maximum Gasteiger partial charge on any atom is 0.159 e. The van der Waals surface area contributed by atoms with Gasteiger partial charge in [-0.05, 0) is 130 Å². The van der Waals surface area contributed by atoms with E-state index in [4.69, 9.17) is 0 Å². The van der Waals surface area contributed by atoms with Crippen LogP contribution in [0.4, 0.5) is 8.78 Å². The van der Waals surface area contributed by atoms with Gasteiger partial charge in [0.15, 0.2) is 11.6 Å². The molecule has 0 spiro atoms. The lowest BCUT2D eigenvalue weighted by Gasteiger charge is -2.37. The van der Waals surface area contributed by atoms with E-state index in [2.05, 4.69) is 19.1 Å². The van der Waals surface area contributed by atoms with Crippen molar-refractivity contribution < 1.29 is 8.78 Å². The Hall–Kier alpha value is -1.18. The molecule has 0 heterocycles. The van der Waals surface area contributed by atoms with Crippen LogP contribution in [0, 0.1) is 47.1 Å². The van der Waals surface area contributed by atoms with Crippen molar-refractivity contribution >= 4 is 0 Å². The van der Waals surface area contributed by atoms with Crippen LogP contribution in [-0.4, -0.2) is 0 Å². The fourth-order valence-corrected chi connectivity index (χ4v) is 7.21. The van der Waals surface area contributed by atoms with Gasteiger partial charge in [0, 0.05) is 0 Å². The maximum absolute atomic E-state index is 13.4. The fraction of sp³-hybridized carbons (Fsp3) is 0.742. The smallest absolute Gasteiger partial charge is 0.159 e. The predicted octanol–water partition coefficient (Wildman–Crippen LogP) is 9.67. The van der Waals surface area contributed by atoms with Crippen LogP contribution < -0.4 is 0 Å². The summed E-state index contributed by atoms with van der Waals surface area (Å²) in [7, 11) is 0. The van der Waals surface area contributed by atoms with Gasteiger partial charge in [0.2, 0.25) is 0 Å². The van der Waals surface area contributed by atoms with E-state index in [0.29, 0.717) is 0 Å². The molecule has 0 N–H and O–H groups in total. The van der Waals surface area contributed by atoms with E-state index >= 15 is 0 Å². The monoisotopic (exact) mass is 456 g/mol. The van der Waals surface area contributed by atoms with Crippen LogP contribution in [-0.2, 0) is 6.42 Å². The van der Waals surface area contributed by atoms with Crippen LogP contribution in [0.3, 0.4) is 0 Å². The number of rotatable bonds is 8. The second-order valence-corrected chi connectivity index (χ2v) is 11.7. The topological polar surface area (TPSA) is 0 Å². The molecule has 3 saturated carbocycles. The summed E-state index contributed by atoms with van der Waals surface area (Å²) in [4.78, 5) is 0. The van der Waals surface area contributed by atoms with E-state index in [-0.39, 0.29) is 0 Å². The third-order valence-corrected chi connectivity index (χ3v) is 9.44. The maximum atomic E-state index is 13.4. The zero-order valence-electron chi connectivity index (χ0n) is 20.9. The van der Waals surface area contributed by atoms with Crippen LogP contribution in [0.15, 0.2) is 30.4 Å². The highest BCUT2D eigenvalue weighted by Gasteiger charge is 2.30. The van der Waals surface area contributed by atoms with Gasteiger partial charge in [-0.1, -0.05) is 50.8 Å². The number of halogens is 2. The van der Waals surface area contributed by atoms with Crippen molar-refractivity contribution in [3.05, 3.63) is 47.5 Å². The van der Waals surface area contributed by atoms with Gasteiger partial charge in [-0.25, -0.2) is 8.78 Å². The normalized spacial score (nSPS) is 33.4. The molecule has 0 atom stereocenters. The lowest BCUT2D eigenvalue weighted by molar-refractivity contribution is 0.152. The van der Waals surface area contributed by atoms with Crippen molar-refractivity contribution in [1.29, 1.82) is 0 Å². The first kappa shape index (κ1) is 24.9.